The molecule has 0 amide bonds. The van der Waals surface area contributed by atoms with Crippen LogP contribution in [0, 0.1) is 11.2 Å². The topological polar surface area (TPSA) is 141 Å². The summed E-state index contributed by atoms with van der Waals surface area (Å²) in [6, 6.07) is 6.27. The lowest BCUT2D eigenvalue weighted by Crippen LogP contribution is -2.42. The van der Waals surface area contributed by atoms with Gasteiger partial charge in [-0.1, -0.05) is 0 Å². The smallest absolute Gasteiger partial charge is 0.190 e. The molecule has 11 nitrogen and oxygen atoms in total. The largest absolute Gasteiger partial charge is 0.497 e. The van der Waals surface area contributed by atoms with Gasteiger partial charge in [0.15, 0.2) is 17.2 Å². The highest BCUT2D eigenvalue weighted by atomic mass is 19.1. The molecule has 1 saturated heterocycles. The fourth-order valence-corrected chi connectivity index (χ4v) is 4.67. The predicted molar refractivity (Wildman–Crippen MR) is 141 cm³/mol. The molecule has 3 unspecified atom stereocenters. The first-order valence-corrected chi connectivity index (χ1v) is 12.2. The van der Waals surface area contributed by atoms with Crippen LogP contribution >= 0.6 is 0 Å². The minimum Gasteiger partial charge on any atom is -0.497 e. The van der Waals surface area contributed by atoms with E-state index >= 15 is 4.39 Å². The molecule has 0 saturated carbocycles. The molecule has 0 radical (unpaired) electrons. The number of aliphatic imine (C=N–C) groups is 1. The SMILES string of the molecule is CN=CC(C=N)c1cnc2ccc(=Nc3cc(OC)cc(OC)c3F)n(CC3CCC(O)N3CCO)c2n1. The lowest BCUT2D eigenvalue weighted by atomic mass is 10.1. The summed E-state index contributed by atoms with van der Waals surface area (Å²) in [6.45, 7) is 0.567. The van der Waals surface area contributed by atoms with E-state index in [0.29, 0.717) is 54.0 Å². The van der Waals surface area contributed by atoms with Crippen molar-refractivity contribution >= 4 is 29.3 Å². The normalized spacial score (nSPS) is 19.4. The summed E-state index contributed by atoms with van der Waals surface area (Å²) in [4.78, 5) is 19.9. The van der Waals surface area contributed by atoms with Crippen LogP contribution < -0.4 is 15.0 Å². The zero-order chi connectivity index (χ0) is 27.2. The van der Waals surface area contributed by atoms with Crippen molar-refractivity contribution in [2.45, 2.75) is 37.6 Å². The van der Waals surface area contributed by atoms with Crippen LogP contribution in [-0.4, -0.2) is 88.8 Å². The molecular weight excluding hydrogens is 493 g/mol. The lowest BCUT2D eigenvalue weighted by Gasteiger charge is -2.27. The number of hydrogen-bond donors (Lipinski definition) is 3. The Kier molecular flexibility index (Phi) is 8.77. The second kappa shape index (κ2) is 12.2. The first kappa shape index (κ1) is 27.3. The highest BCUT2D eigenvalue weighted by Gasteiger charge is 2.32. The van der Waals surface area contributed by atoms with Gasteiger partial charge >= 0.3 is 0 Å². The lowest BCUT2D eigenvalue weighted by molar-refractivity contribution is 0.00379. The molecule has 38 heavy (non-hydrogen) atoms. The van der Waals surface area contributed by atoms with Crippen LogP contribution in [0.4, 0.5) is 10.1 Å². The Labute approximate surface area is 219 Å². The Morgan fingerprint density at radius 2 is 2.08 bits per heavy atom. The molecule has 1 aromatic carbocycles. The molecule has 4 rings (SSSR count). The number of pyridine rings is 1. The molecule has 2 aromatic heterocycles. The summed E-state index contributed by atoms with van der Waals surface area (Å²) < 4.78 is 27.5. The van der Waals surface area contributed by atoms with Gasteiger partial charge < -0.3 is 29.7 Å². The Balaban J connectivity index is 1.95. The molecule has 202 valence electrons. The average molecular weight is 526 g/mol. The monoisotopic (exact) mass is 525 g/mol. The number of aromatic nitrogens is 3. The predicted octanol–water partition coefficient (Wildman–Crippen LogP) is 2.03. The maximum Gasteiger partial charge on any atom is 0.190 e. The number of rotatable bonds is 10. The van der Waals surface area contributed by atoms with Gasteiger partial charge in [-0.15, -0.1) is 0 Å². The molecule has 3 N–H and O–H groups in total. The number of methoxy groups -OCH3 is 2. The van der Waals surface area contributed by atoms with Crippen LogP contribution in [-0.2, 0) is 6.54 Å². The molecule has 3 aromatic rings. The Hall–Kier alpha value is -3.74. The zero-order valence-corrected chi connectivity index (χ0v) is 21.6. The second-order valence-electron chi connectivity index (χ2n) is 8.85. The van der Waals surface area contributed by atoms with E-state index in [0.717, 1.165) is 0 Å². The Morgan fingerprint density at radius 1 is 1.26 bits per heavy atom. The Bertz CT molecular complexity index is 1390. The number of likely N-dealkylation sites (tertiary alicyclic amines) is 1. The summed E-state index contributed by atoms with van der Waals surface area (Å²) in [7, 11) is 4.47. The van der Waals surface area contributed by atoms with Crippen molar-refractivity contribution in [3.63, 3.8) is 0 Å². The van der Waals surface area contributed by atoms with Gasteiger partial charge in [0, 0.05) is 50.7 Å². The summed E-state index contributed by atoms with van der Waals surface area (Å²) in [5, 5.41) is 27.8. The van der Waals surface area contributed by atoms with Crippen LogP contribution in [0.25, 0.3) is 11.2 Å². The molecule has 1 fully saturated rings. The molecule has 0 aliphatic carbocycles. The maximum absolute atomic E-state index is 15.2. The van der Waals surface area contributed by atoms with Crippen molar-refractivity contribution in [3.05, 3.63) is 47.5 Å². The van der Waals surface area contributed by atoms with Gasteiger partial charge in [-0.2, -0.15) is 0 Å². The number of aliphatic hydroxyl groups excluding tert-OH is 2. The fourth-order valence-electron chi connectivity index (χ4n) is 4.67. The molecule has 3 heterocycles. The van der Waals surface area contributed by atoms with Gasteiger partial charge in [-0.05, 0) is 25.0 Å². The Morgan fingerprint density at radius 3 is 2.76 bits per heavy atom. The average Bonchev–Trinajstić information content (AvgIpc) is 3.28. The van der Waals surface area contributed by atoms with E-state index in [1.54, 1.807) is 31.6 Å². The van der Waals surface area contributed by atoms with Crippen LogP contribution in [0.3, 0.4) is 0 Å². The van der Waals surface area contributed by atoms with Crippen molar-refractivity contribution in [3.8, 4) is 11.5 Å². The van der Waals surface area contributed by atoms with Crippen LogP contribution in [0.1, 0.15) is 24.5 Å². The van der Waals surface area contributed by atoms with Gasteiger partial charge in [0.2, 0.25) is 0 Å². The van der Waals surface area contributed by atoms with Crippen LogP contribution in [0.15, 0.2) is 40.4 Å². The van der Waals surface area contributed by atoms with Gasteiger partial charge in [-0.3, -0.25) is 14.9 Å². The summed E-state index contributed by atoms with van der Waals surface area (Å²) in [5.41, 5.74) is 2.02. The molecule has 1 aliphatic rings. The van der Waals surface area contributed by atoms with Gasteiger partial charge in [-0.25, -0.2) is 14.4 Å². The number of fused-ring (bicyclic) bond motifs is 1. The van der Waals surface area contributed by atoms with Crippen molar-refractivity contribution in [1.29, 1.82) is 5.41 Å². The summed E-state index contributed by atoms with van der Waals surface area (Å²) in [5.74, 6) is -0.721. The summed E-state index contributed by atoms with van der Waals surface area (Å²) >= 11 is 0. The second-order valence-corrected chi connectivity index (χ2v) is 8.85. The van der Waals surface area contributed by atoms with Gasteiger partial charge in [0.1, 0.15) is 28.7 Å². The van der Waals surface area contributed by atoms with Crippen LogP contribution in [0.5, 0.6) is 11.5 Å². The van der Waals surface area contributed by atoms with E-state index in [-0.39, 0.29) is 24.1 Å². The zero-order valence-electron chi connectivity index (χ0n) is 21.6. The van der Waals surface area contributed by atoms with E-state index in [2.05, 4.69) is 15.0 Å². The standard InChI is InChI=1S/C26H32FN7O4/c1-29-13-16(12-28)21-14-30-19-5-6-23(31-20-10-18(37-2)11-22(38-3)25(20)27)34(26(19)32-21)15-17-4-7-24(36)33(17)8-9-35/h5-6,10-14,16-17,24,28,35-36H,4,7-9,15H2,1-3H3. The highest BCUT2D eigenvalue weighted by Crippen LogP contribution is 2.32. The van der Waals surface area contributed by atoms with Gasteiger partial charge in [0.05, 0.1) is 38.6 Å². The van der Waals surface area contributed by atoms with Crippen molar-refractivity contribution < 1.29 is 24.1 Å². The van der Waals surface area contributed by atoms with E-state index in [1.165, 1.54) is 32.6 Å². The highest BCUT2D eigenvalue weighted by molar-refractivity contribution is 5.88. The molecule has 3 atom stereocenters. The quantitative estimate of drug-likeness (QED) is 0.344. The first-order chi connectivity index (χ1) is 18.4. The van der Waals surface area contributed by atoms with E-state index in [9.17, 15) is 10.2 Å². The number of halogens is 1. The third kappa shape index (κ3) is 5.57. The number of ether oxygens (including phenoxy) is 2. The molecule has 12 heteroatoms. The van der Waals surface area contributed by atoms with E-state index < -0.39 is 18.0 Å². The number of hydrogen-bond acceptors (Lipinski definition) is 10. The fraction of sp³-hybridized carbons (Fsp3) is 0.423. The molecular formula is C26H32FN7O4. The number of nitrogens with one attached hydrogen (secondary N) is 1. The molecule has 1 aliphatic heterocycles. The molecule has 0 spiro atoms. The minimum absolute atomic E-state index is 0.00164. The molecule has 0 bridgehead atoms. The van der Waals surface area contributed by atoms with Crippen molar-refractivity contribution in [2.24, 2.45) is 9.98 Å². The first-order valence-electron chi connectivity index (χ1n) is 12.2. The number of aliphatic hydroxyl groups is 2. The van der Waals surface area contributed by atoms with E-state index in [1.807, 2.05) is 9.47 Å². The number of nitrogens with zero attached hydrogens (tertiary/aromatic N) is 6. The van der Waals surface area contributed by atoms with Crippen LogP contribution in [0.2, 0.25) is 0 Å². The third-order valence-electron chi connectivity index (χ3n) is 6.60. The van der Waals surface area contributed by atoms with Gasteiger partial charge in [0.25, 0.3) is 0 Å². The maximum atomic E-state index is 15.2. The summed E-state index contributed by atoms with van der Waals surface area (Å²) in [6.07, 6.45) is 5.01. The minimum atomic E-state index is -0.673. The van der Waals surface area contributed by atoms with Crippen molar-refractivity contribution in [1.82, 2.24) is 19.4 Å². The number of β-amino-alcohol motifs (C(OH)–C–C–N with tert-alkyl or cyclic N) is 1. The van der Waals surface area contributed by atoms with Crippen molar-refractivity contribution in [2.75, 3.05) is 34.4 Å². The van der Waals surface area contributed by atoms with E-state index in [4.69, 9.17) is 19.9 Å². The number of benzene rings is 1. The third-order valence-corrected chi connectivity index (χ3v) is 6.60.